The summed E-state index contributed by atoms with van der Waals surface area (Å²) in [6, 6.07) is 2.10. The second-order valence-corrected chi connectivity index (χ2v) is 9.43. The van der Waals surface area contributed by atoms with Crippen molar-refractivity contribution in [1.29, 1.82) is 0 Å². The van der Waals surface area contributed by atoms with Gasteiger partial charge in [-0.25, -0.2) is 0 Å². The average molecular weight is 215 g/mol. The van der Waals surface area contributed by atoms with Crippen LogP contribution in [0.2, 0.25) is 19.1 Å². The lowest BCUT2D eigenvalue weighted by Crippen LogP contribution is -2.35. The molecule has 0 aromatic carbocycles. The summed E-state index contributed by atoms with van der Waals surface area (Å²) in [5.41, 5.74) is 0. The lowest BCUT2D eigenvalue weighted by molar-refractivity contribution is 0.370. The van der Waals surface area contributed by atoms with Crippen LogP contribution in [0.25, 0.3) is 0 Å². The summed E-state index contributed by atoms with van der Waals surface area (Å²) in [6.07, 6.45) is 6.86. The molecule has 0 spiro atoms. The summed E-state index contributed by atoms with van der Waals surface area (Å²) in [7, 11) is 0.577. The van der Waals surface area contributed by atoms with Gasteiger partial charge in [-0.05, 0) is 44.9 Å². The predicted octanol–water partition coefficient (Wildman–Crippen LogP) is 2.76. The van der Waals surface area contributed by atoms with E-state index in [1.54, 1.807) is 0 Å². The molecule has 0 saturated carbocycles. The smallest absolute Gasteiger partial charge is 0.186 e. The number of nitrogens with one attached hydrogen (secondary N) is 1. The van der Waals surface area contributed by atoms with Gasteiger partial charge in [-0.15, -0.1) is 0 Å². The second kappa shape index (κ2) is 5.88. The Morgan fingerprint density at radius 1 is 1.36 bits per heavy atom. The van der Waals surface area contributed by atoms with Crippen LogP contribution in [0, 0.1) is 0 Å². The van der Waals surface area contributed by atoms with E-state index in [0.29, 0.717) is 0 Å². The Hall–Kier alpha value is 0.137. The van der Waals surface area contributed by atoms with Crippen LogP contribution in [-0.4, -0.2) is 28.0 Å². The molecule has 3 heteroatoms. The van der Waals surface area contributed by atoms with Crippen molar-refractivity contribution in [2.24, 2.45) is 0 Å². The fourth-order valence-corrected chi connectivity index (χ4v) is 3.31. The minimum absolute atomic E-state index is 0.797. The molecule has 0 aromatic heterocycles. The highest BCUT2D eigenvalue weighted by molar-refractivity contribution is 6.71. The van der Waals surface area contributed by atoms with E-state index in [0.717, 1.165) is 6.04 Å². The molecule has 1 unspecified atom stereocenters. The third-order valence-corrected chi connectivity index (χ3v) is 5.96. The van der Waals surface area contributed by atoms with E-state index in [1.165, 1.54) is 44.7 Å². The lowest BCUT2D eigenvalue weighted by Gasteiger charge is -2.25. The Kier molecular flexibility index (Phi) is 5.13. The van der Waals surface area contributed by atoms with E-state index in [2.05, 4.69) is 18.4 Å². The average Bonchev–Trinajstić information content (AvgIpc) is 2.19. The summed E-state index contributed by atoms with van der Waals surface area (Å²) < 4.78 is 5.55. The van der Waals surface area contributed by atoms with Gasteiger partial charge in [0.25, 0.3) is 0 Å². The maximum absolute atomic E-state index is 5.55. The van der Waals surface area contributed by atoms with Crippen molar-refractivity contribution in [1.82, 2.24) is 5.32 Å². The molecule has 0 aliphatic carbocycles. The van der Waals surface area contributed by atoms with E-state index in [1.807, 2.05) is 7.11 Å². The Labute approximate surface area is 89.6 Å². The van der Waals surface area contributed by atoms with E-state index >= 15 is 0 Å². The highest BCUT2D eigenvalue weighted by Crippen LogP contribution is 2.18. The Morgan fingerprint density at radius 2 is 2.14 bits per heavy atom. The molecule has 14 heavy (non-hydrogen) atoms. The third kappa shape index (κ3) is 4.58. The van der Waals surface area contributed by atoms with Crippen LogP contribution in [0.4, 0.5) is 0 Å². The summed E-state index contributed by atoms with van der Waals surface area (Å²) in [4.78, 5) is 0. The van der Waals surface area contributed by atoms with Gasteiger partial charge in [-0.1, -0.05) is 12.8 Å². The van der Waals surface area contributed by atoms with Crippen molar-refractivity contribution >= 4 is 8.32 Å². The van der Waals surface area contributed by atoms with Gasteiger partial charge in [0.05, 0.1) is 0 Å². The van der Waals surface area contributed by atoms with Crippen LogP contribution >= 0.6 is 0 Å². The molecular weight excluding hydrogens is 190 g/mol. The van der Waals surface area contributed by atoms with E-state index in [4.69, 9.17) is 4.43 Å². The summed E-state index contributed by atoms with van der Waals surface area (Å²) >= 11 is 0. The molecule has 0 amide bonds. The maximum atomic E-state index is 5.55. The molecule has 0 radical (unpaired) electrons. The van der Waals surface area contributed by atoms with Crippen molar-refractivity contribution in [3.05, 3.63) is 0 Å². The molecule has 0 aromatic rings. The van der Waals surface area contributed by atoms with Crippen molar-refractivity contribution in [2.45, 2.75) is 57.3 Å². The minimum atomic E-state index is -1.29. The fourth-order valence-electron chi connectivity index (χ4n) is 2.05. The van der Waals surface area contributed by atoms with Gasteiger partial charge in [-0.2, -0.15) is 0 Å². The standard InChI is InChI=1S/C11H25NOSi/c1-13-14(2,3)10-6-8-11-7-4-5-9-12-11/h11-12H,4-10H2,1-3H3. The Balaban J connectivity index is 2.08. The second-order valence-electron chi connectivity index (χ2n) is 5.00. The molecule has 0 bridgehead atoms. The van der Waals surface area contributed by atoms with Crippen molar-refractivity contribution in [3.8, 4) is 0 Å². The quantitative estimate of drug-likeness (QED) is 0.712. The van der Waals surface area contributed by atoms with Gasteiger partial charge in [-0.3, -0.25) is 0 Å². The number of hydrogen-bond acceptors (Lipinski definition) is 2. The molecule has 84 valence electrons. The first kappa shape index (κ1) is 12.2. The van der Waals surface area contributed by atoms with E-state index in [9.17, 15) is 0 Å². The lowest BCUT2D eigenvalue weighted by atomic mass is 10.0. The van der Waals surface area contributed by atoms with Crippen LogP contribution in [0.5, 0.6) is 0 Å². The fraction of sp³-hybridized carbons (Fsp3) is 1.00. The van der Waals surface area contributed by atoms with Crippen LogP contribution in [0.15, 0.2) is 0 Å². The van der Waals surface area contributed by atoms with Crippen molar-refractivity contribution < 1.29 is 4.43 Å². The van der Waals surface area contributed by atoms with Gasteiger partial charge in [0.15, 0.2) is 8.32 Å². The van der Waals surface area contributed by atoms with E-state index < -0.39 is 8.32 Å². The molecule has 1 rings (SSSR count). The first-order valence-corrected chi connectivity index (χ1v) is 9.04. The highest BCUT2D eigenvalue weighted by Gasteiger charge is 2.21. The Morgan fingerprint density at radius 3 is 2.71 bits per heavy atom. The Bertz CT molecular complexity index is 155. The van der Waals surface area contributed by atoms with E-state index in [-0.39, 0.29) is 0 Å². The number of piperidine rings is 1. The molecule has 1 saturated heterocycles. The largest absolute Gasteiger partial charge is 0.420 e. The molecule has 1 heterocycles. The summed E-state index contributed by atoms with van der Waals surface area (Å²) in [5.74, 6) is 0. The predicted molar refractivity (Wildman–Crippen MR) is 64.2 cm³/mol. The summed E-state index contributed by atoms with van der Waals surface area (Å²) in [6.45, 7) is 5.85. The van der Waals surface area contributed by atoms with Crippen molar-refractivity contribution in [3.63, 3.8) is 0 Å². The van der Waals surface area contributed by atoms with Gasteiger partial charge in [0.1, 0.15) is 0 Å². The first-order chi connectivity index (χ1) is 6.64. The summed E-state index contributed by atoms with van der Waals surface area (Å²) in [5, 5.41) is 3.60. The topological polar surface area (TPSA) is 21.3 Å². The number of hydrogen-bond donors (Lipinski definition) is 1. The SMILES string of the molecule is CO[Si](C)(C)CCCC1CCCCN1. The molecule has 1 aliphatic heterocycles. The molecule has 1 fully saturated rings. The molecular formula is C11H25NOSi. The van der Waals surface area contributed by atoms with Crippen molar-refractivity contribution in [2.75, 3.05) is 13.7 Å². The minimum Gasteiger partial charge on any atom is -0.420 e. The molecule has 1 atom stereocenters. The molecule has 1 N–H and O–H groups in total. The maximum Gasteiger partial charge on any atom is 0.186 e. The highest BCUT2D eigenvalue weighted by atomic mass is 28.4. The van der Waals surface area contributed by atoms with Crippen LogP contribution in [0.3, 0.4) is 0 Å². The molecule has 1 aliphatic rings. The van der Waals surface area contributed by atoms with Gasteiger partial charge >= 0.3 is 0 Å². The van der Waals surface area contributed by atoms with Crippen LogP contribution in [0.1, 0.15) is 32.1 Å². The number of rotatable bonds is 5. The monoisotopic (exact) mass is 215 g/mol. The first-order valence-electron chi connectivity index (χ1n) is 5.92. The third-order valence-electron chi connectivity index (χ3n) is 3.30. The normalized spacial score (nSPS) is 23.8. The molecule has 2 nitrogen and oxygen atoms in total. The zero-order valence-corrected chi connectivity index (χ0v) is 10.9. The van der Waals surface area contributed by atoms with Crippen LogP contribution < -0.4 is 5.32 Å². The zero-order chi connectivity index (χ0) is 10.4. The van der Waals surface area contributed by atoms with Crippen LogP contribution in [-0.2, 0) is 4.43 Å². The zero-order valence-electron chi connectivity index (χ0n) is 9.94. The van der Waals surface area contributed by atoms with Gasteiger partial charge in [0, 0.05) is 13.2 Å². The van der Waals surface area contributed by atoms with Gasteiger partial charge < -0.3 is 9.74 Å². The van der Waals surface area contributed by atoms with Gasteiger partial charge in [0.2, 0.25) is 0 Å².